The lowest BCUT2D eigenvalue weighted by Crippen LogP contribution is -2.21. The maximum Gasteiger partial charge on any atom is 0.135 e. The molecular formula is C12H20O2. The fourth-order valence-corrected chi connectivity index (χ4v) is 2.92. The van der Waals surface area contributed by atoms with Crippen molar-refractivity contribution >= 4 is 5.78 Å². The molecule has 2 saturated carbocycles. The van der Waals surface area contributed by atoms with Gasteiger partial charge in [-0.15, -0.1) is 0 Å². The van der Waals surface area contributed by atoms with Crippen LogP contribution < -0.4 is 0 Å². The van der Waals surface area contributed by atoms with E-state index in [0.717, 1.165) is 51.4 Å². The molecule has 0 radical (unpaired) electrons. The van der Waals surface area contributed by atoms with Crippen molar-refractivity contribution in [3.63, 3.8) is 0 Å². The minimum Gasteiger partial charge on any atom is -0.393 e. The Labute approximate surface area is 85.7 Å². The summed E-state index contributed by atoms with van der Waals surface area (Å²) < 4.78 is 0. The smallest absolute Gasteiger partial charge is 0.135 e. The second-order valence-electron chi connectivity index (χ2n) is 4.97. The number of rotatable bonds is 2. The van der Waals surface area contributed by atoms with E-state index in [-0.39, 0.29) is 6.10 Å². The summed E-state index contributed by atoms with van der Waals surface area (Å²) in [6, 6.07) is 0. The standard InChI is InChI=1S/C12H20O2/c13-11-6-4-9(5-7-11)8-10-2-1-3-12(10)14/h9-11,13H,1-8H2. The number of ketones is 1. The van der Waals surface area contributed by atoms with E-state index in [2.05, 4.69) is 0 Å². The highest BCUT2D eigenvalue weighted by Gasteiger charge is 2.29. The van der Waals surface area contributed by atoms with Crippen LogP contribution in [0.25, 0.3) is 0 Å². The average Bonchev–Trinajstić information content (AvgIpc) is 2.56. The van der Waals surface area contributed by atoms with Gasteiger partial charge in [0.05, 0.1) is 6.10 Å². The van der Waals surface area contributed by atoms with Gasteiger partial charge in [-0.2, -0.15) is 0 Å². The highest BCUT2D eigenvalue weighted by molar-refractivity contribution is 5.82. The van der Waals surface area contributed by atoms with Crippen molar-refractivity contribution in [2.45, 2.75) is 57.5 Å². The number of carbonyl (C=O) groups is 1. The molecule has 2 nitrogen and oxygen atoms in total. The summed E-state index contributed by atoms with van der Waals surface area (Å²) >= 11 is 0. The number of aliphatic hydroxyl groups is 1. The van der Waals surface area contributed by atoms with Crippen LogP contribution in [0.2, 0.25) is 0 Å². The first-order valence-corrected chi connectivity index (χ1v) is 5.96. The van der Waals surface area contributed by atoms with Gasteiger partial charge in [0, 0.05) is 12.3 Å². The van der Waals surface area contributed by atoms with Gasteiger partial charge in [-0.1, -0.05) is 0 Å². The van der Waals surface area contributed by atoms with Crippen LogP contribution in [0.4, 0.5) is 0 Å². The molecule has 80 valence electrons. The third kappa shape index (κ3) is 2.35. The molecule has 0 aromatic carbocycles. The molecule has 0 heterocycles. The molecule has 1 N–H and O–H groups in total. The van der Waals surface area contributed by atoms with E-state index in [1.54, 1.807) is 0 Å². The van der Waals surface area contributed by atoms with Crippen LogP contribution in [-0.4, -0.2) is 17.0 Å². The summed E-state index contributed by atoms with van der Waals surface area (Å²) in [6.45, 7) is 0. The first-order valence-electron chi connectivity index (χ1n) is 5.96. The van der Waals surface area contributed by atoms with Gasteiger partial charge in [-0.3, -0.25) is 4.79 Å². The molecule has 1 atom stereocenters. The molecule has 1 unspecified atom stereocenters. The van der Waals surface area contributed by atoms with E-state index in [4.69, 9.17) is 0 Å². The van der Waals surface area contributed by atoms with E-state index in [1.165, 1.54) is 0 Å². The zero-order chi connectivity index (χ0) is 9.97. The van der Waals surface area contributed by atoms with Crippen molar-refractivity contribution in [3.8, 4) is 0 Å². The van der Waals surface area contributed by atoms with Gasteiger partial charge in [-0.05, 0) is 50.9 Å². The Bertz CT molecular complexity index is 204. The predicted molar refractivity (Wildman–Crippen MR) is 54.9 cm³/mol. The number of carbonyl (C=O) groups excluding carboxylic acids is 1. The van der Waals surface area contributed by atoms with Gasteiger partial charge in [-0.25, -0.2) is 0 Å². The summed E-state index contributed by atoms with van der Waals surface area (Å²) in [4.78, 5) is 11.5. The zero-order valence-electron chi connectivity index (χ0n) is 8.74. The predicted octanol–water partition coefficient (Wildman–Crippen LogP) is 2.30. The summed E-state index contributed by atoms with van der Waals surface area (Å²) in [5.41, 5.74) is 0. The van der Waals surface area contributed by atoms with Gasteiger partial charge in [0.2, 0.25) is 0 Å². The fraction of sp³-hybridized carbons (Fsp3) is 0.917. The lowest BCUT2D eigenvalue weighted by molar-refractivity contribution is -0.121. The molecule has 0 amide bonds. The van der Waals surface area contributed by atoms with E-state index < -0.39 is 0 Å². The molecule has 0 aromatic heterocycles. The van der Waals surface area contributed by atoms with Crippen LogP contribution in [0, 0.1) is 11.8 Å². The van der Waals surface area contributed by atoms with Gasteiger partial charge in [0.15, 0.2) is 0 Å². The fourth-order valence-electron chi connectivity index (χ4n) is 2.92. The van der Waals surface area contributed by atoms with E-state index in [1.807, 2.05) is 0 Å². The summed E-state index contributed by atoms with van der Waals surface area (Å²) in [5, 5.41) is 9.37. The van der Waals surface area contributed by atoms with E-state index in [9.17, 15) is 9.90 Å². The number of aliphatic hydroxyl groups excluding tert-OH is 1. The van der Waals surface area contributed by atoms with Crippen LogP contribution in [0.5, 0.6) is 0 Å². The van der Waals surface area contributed by atoms with Gasteiger partial charge in [0.1, 0.15) is 5.78 Å². The maximum atomic E-state index is 11.5. The summed E-state index contributed by atoms with van der Waals surface area (Å²) in [5.74, 6) is 1.58. The topological polar surface area (TPSA) is 37.3 Å². The van der Waals surface area contributed by atoms with Gasteiger partial charge >= 0.3 is 0 Å². The monoisotopic (exact) mass is 196 g/mol. The van der Waals surface area contributed by atoms with Crippen molar-refractivity contribution in [2.24, 2.45) is 11.8 Å². The van der Waals surface area contributed by atoms with Crippen molar-refractivity contribution in [2.75, 3.05) is 0 Å². The molecule has 2 fully saturated rings. The van der Waals surface area contributed by atoms with Crippen LogP contribution >= 0.6 is 0 Å². The molecular weight excluding hydrogens is 176 g/mol. The Morgan fingerprint density at radius 3 is 2.43 bits per heavy atom. The minimum absolute atomic E-state index is 0.0643. The number of hydrogen-bond donors (Lipinski definition) is 1. The molecule has 0 aliphatic heterocycles. The Morgan fingerprint density at radius 2 is 1.86 bits per heavy atom. The van der Waals surface area contributed by atoms with Crippen LogP contribution in [-0.2, 0) is 4.79 Å². The van der Waals surface area contributed by atoms with Crippen molar-refractivity contribution in [1.29, 1.82) is 0 Å². The number of hydrogen-bond acceptors (Lipinski definition) is 2. The largest absolute Gasteiger partial charge is 0.393 e. The summed E-state index contributed by atoms with van der Waals surface area (Å²) in [6.07, 6.45) is 8.25. The van der Waals surface area contributed by atoms with Crippen LogP contribution in [0.3, 0.4) is 0 Å². The highest BCUT2D eigenvalue weighted by atomic mass is 16.3. The van der Waals surface area contributed by atoms with Crippen LogP contribution in [0.15, 0.2) is 0 Å². The first kappa shape index (κ1) is 10.2. The van der Waals surface area contributed by atoms with Gasteiger partial charge in [0.25, 0.3) is 0 Å². The molecule has 14 heavy (non-hydrogen) atoms. The second-order valence-corrected chi connectivity index (χ2v) is 4.97. The Hall–Kier alpha value is -0.370. The average molecular weight is 196 g/mol. The molecule has 0 saturated heterocycles. The normalized spacial score (nSPS) is 38.9. The second kappa shape index (κ2) is 4.43. The minimum atomic E-state index is -0.0643. The SMILES string of the molecule is O=C1CCCC1CC1CCC(O)CC1. The van der Waals surface area contributed by atoms with Crippen molar-refractivity contribution in [3.05, 3.63) is 0 Å². The molecule has 2 aliphatic rings. The Morgan fingerprint density at radius 1 is 1.14 bits per heavy atom. The van der Waals surface area contributed by atoms with Crippen molar-refractivity contribution in [1.82, 2.24) is 0 Å². The third-order valence-corrected chi connectivity index (χ3v) is 3.87. The van der Waals surface area contributed by atoms with E-state index in [0.29, 0.717) is 17.6 Å². The van der Waals surface area contributed by atoms with Crippen molar-refractivity contribution < 1.29 is 9.90 Å². The number of Topliss-reactive ketones (excluding diaryl/α,β-unsaturated/α-hetero) is 1. The first-order chi connectivity index (χ1) is 6.75. The summed E-state index contributed by atoms with van der Waals surface area (Å²) in [7, 11) is 0. The zero-order valence-corrected chi connectivity index (χ0v) is 8.74. The molecule has 0 aromatic rings. The third-order valence-electron chi connectivity index (χ3n) is 3.87. The molecule has 2 aliphatic carbocycles. The molecule has 2 heteroatoms. The van der Waals surface area contributed by atoms with Crippen LogP contribution in [0.1, 0.15) is 51.4 Å². The highest BCUT2D eigenvalue weighted by Crippen LogP contribution is 2.34. The maximum absolute atomic E-state index is 11.5. The molecule has 2 rings (SSSR count). The Balaban J connectivity index is 1.77. The lowest BCUT2D eigenvalue weighted by atomic mass is 9.81. The molecule has 0 spiro atoms. The van der Waals surface area contributed by atoms with E-state index >= 15 is 0 Å². The quantitative estimate of drug-likeness (QED) is 0.735. The molecule has 0 bridgehead atoms. The lowest BCUT2D eigenvalue weighted by Gasteiger charge is -2.26. The Kier molecular flexibility index (Phi) is 3.22. The van der Waals surface area contributed by atoms with Gasteiger partial charge < -0.3 is 5.11 Å².